The monoisotopic (exact) mass is 426 g/mol. The van der Waals surface area contributed by atoms with Gasteiger partial charge >= 0.3 is 0 Å². The van der Waals surface area contributed by atoms with Gasteiger partial charge in [-0.15, -0.1) is 0 Å². The summed E-state index contributed by atoms with van der Waals surface area (Å²) in [4.78, 5) is 0. The van der Waals surface area contributed by atoms with E-state index in [-0.39, 0.29) is 0 Å². The first kappa shape index (κ1) is 22.5. The van der Waals surface area contributed by atoms with Crippen LogP contribution in [0.2, 0.25) is 0 Å². The van der Waals surface area contributed by atoms with Crippen LogP contribution in [0.25, 0.3) is 0 Å². The molecule has 0 aliphatic heterocycles. The summed E-state index contributed by atoms with van der Waals surface area (Å²) in [6, 6.07) is 0. The zero-order valence-corrected chi connectivity index (χ0v) is 21.6. The fraction of sp³-hybridized carbons (Fsp3) is 0.933. The molecule has 5 fully saturated rings. The molecular weight excluding hydrogens is 376 g/mol. The average Bonchev–Trinajstić information content (AvgIpc) is 3.24. The highest BCUT2D eigenvalue weighted by atomic mass is 16.5. The Balaban J connectivity index is 1.37. The Morgan fingerprint density at radius 1 is 0.968 bits per heavy atom. The summed E-state index contributed by atoms with van der Waals surface area (Å²) in [5.74, 6) is 6.92. The van der Waals surface area contributed by atoms with Gasteiger partial charge in [-0.3, -0.25) is 0 Å². The molecule has 5 aliphatic carbocycles. The van der Waals surface area contributed by atoms with Crippen molar-refractivity contribution in [3.8, 4) is 0 Å². The number of allylic oxidation sites excluding steroid dienone is 2. The van der Waals surface area contributed by atoms with Crippen molar-refractivity contribution < 1.29 is 4.74 Å². The second kappa shape index (κ2) is 7.61. The summed E-state index contributed by atoms with van der Waals surface area (Å²) in [6.45, 7) is 15.1. The van der Waals surface area contributed by atoms with Crippen molar-refractivity contribution in [2.24, 2.45) is 63.6 Å². The van der Waals surface area contributed by atoms with E-state index in [4.69, 9.17) is 4.74 Å². The minimum atomic E-state index is 0.543. The Bertz CT molecular complexity index is 709. The molecule has 0 aromatic rings. The number of fused-ring (bicyclic) bond motifs is 4. The Hall–Kier alpha value is -0.300. The third kappa shape index (κ3) is 2.96. The Morgan fingerprint density at radius 2 is 1.74 bits per heavy atom. The maximum atomic E-state index is 6.31. The van der Waals surface area contributed by atoms with Crippen LogP contribution in [-0.2, 0) is 4.74 Å². The Labute approximate surface area is 193 Å². The highest BCUT2D eigenvalue weighted by molar-refractivity contribution is 5.26. The van der Waals surface area contributed by atoms with Gasteiger partial charge in [0, 0.05) is 12.5 Å². The maximum absolute atomic E-state index is 6.31. The largest absolute Gasteiger partial charge is 0.381 e. The second-order valence-electron chi connectivity index (χ2n) is 13.5. The Kier molecular flexibility index (Phi) is 5.52. The van der Waals surface area contributed by atoms with Crippen LogP contribution in [-0.4, -0.2) is 13.2 Å². The topological polar surface area (TPSA) is 9.23 Å². The van der Waals surface area contributed by atoms with E-state index < -0.39 is 0 Å². The van der Waals surface area contributed by atoms with Crippen molar-refractivity contribution in [1.29, 1.82) is 0 Å². The molecule has 11 atom stereocenters. The smallest absolute Gasteiger partial charge is 0.0638 e. The SMILES string of the molecule is CC[C@H](/C=C/[C@@H](C)[C@H]1CC[C@H]2[C@@H]3C[C@@H](OC)[C@]45C[C@@H]4CC[C@]5(C)[C@H]3CC[C@]12C)C(C)C. The van der Waals surface area contributed by atoms with Crippen LogP contribution in [0.3, 0.4) is 0 Å². The molecule has 0 amide bonds. The third-order valence-electron chi connectivity index (χ3n) is 12.5. The first-order valence-corrected chi connectivity index (χ1v) is 13.9. The van der Waals surface area contributed by atoms with Crippen molar-refractivity contribution >= 4 is 0 Å². The lowest BCUT2D eigenvalue weighted by molar-refractivity contribution is -0.160. The standard InChI is InChI=1S/C30H50O/c1-8-21(19(2)3)10-9-20(4)24-11-12-25-23-17-27(31-7)30-18-22(30)13-16-29(30,6)26(23)14-15-28(24,25)5/h9-10,19-27H,8,11-18H2,1-7H3/b10-9+/t20-,21-,22+,23+,24-,25+,26+,27-,28-,29-,30+/m1/s1. The van der Waals surface area contributed by atoms with Crippen molar-refractivity contribution in [2.45, 2.75) is 105 Å². The van der Waals surface area contributed by atoms with Gasteiger partial charge in [0.1, 0.15) is 0 Å². The molecule has 0 N–H and O–H groups in total. The zero-order valence-electron chi connectivity index (χ0n) is 21.6. The van der Waals surface area contributed by atoms with Gasteiger partial charge in [0.05, 0.1) is 6.10 Å². The minimum absolute atomic E-state index is 0.543. The van der Waals surface area contributed by atoms with Crippen molar-refractivity contribution in [3.63, 3.8) is 0 Å². The van der Waals surface area contributed by atoms with E-state index in [0.29, 0.717) is 22.3 Å². The molecule has 176 valence electrons. The van der Waals surface area contributed by atoms with Crippen LogP contribution in [0, 0.1) is 63.6 Å². The number of hydrogen-bond acceptors (Lipinski definition) is 1. The first-order chi connectivity index (χ1) is 14.7. The summed E-state index contributed by atoms with van der Waals surface area (Å²) in [5.41, 5.74) is 1.68. The molecule has 5 rings (SSSR count). The molecular formula is C30H50O. The molecule has 0 bridgehead atoms. The number of rotatable bonds is 6. The quantitative estimate of drug-likeness (QED) is 0.389. The molecule has 31 heavy (non-hydrogen) atoms. The van der Waals surface area contributed by atoms with Crippen LogP contribution in [0.4, 0.5) is 0 Å². The van der Waals surface area contributed by atoms with E-state index in [9.17, 15) is 0 Å². The number of hydrogen-bond donors (Lipinski definition) is 0. The summed E-state index contributed by atoms with van der Waals surface area (Å²) < 4.78 is 6.31. The second-order valence-corrected chi connectivity index (χ2v) is 13.5. The molecule has 1 spiro atoms. The molecule has 0 aromatic heterocycles. The highest BCUT2D eigenvalue weighted by Crippen LogP contribution is 2.82. The van der Waals surface area contributed by atoms with E-state index in [0.717, 1.165) is 47.3 Å². The molecule has 5 aliphatic rings. The fourth-order valence-corrected chi connectivity index (χ4v) is 10.8. The van der Waals surface area contributed by atoms with E-state index >= 15 is 0 Å². The molecule has 1 nitrogen and oxygen atoms in total. The van der Waals surface area contributed by atoms with Gasteiger partial charge in [-0.25, -0.2) is 0 Å². The van der Waals surface area contributed by atoms with Crippen molar-refractivity contribution in [2.75, 3.05) is 7.11 Å². The number of methoxy groups -OCH3 is 1. The van der Waals surface area contributed by atoms with Crippen LogP contribution in [0.15, 0.2) is 12.2 Å². The van der Waals surface area contributed by atoms with Gasteiger partial charge < -0.3 is 4.74 Å². The molecule has 0 aromatic carbocycles. The van der Waals surface area contributed by atoms with Gasteiger partial charge in [0.2, 0.25) is 0 Å². The van der Waals surface area contributed by atoms with E-state index in [2.05, 4.69) is 53.7 Å². The molecule has 0 radical (unpaired) electrons. The normalized spacial score (nSPS) is 52.5. The zero-order chi connectivity index (χ0) is 22.2. The van der Waals surface area contributed by atoms with Crippen LogP contribution >= 0.6 is 0 Å². The first-order valence-electron chi connectivity index (χ1n) is 13.9. The molecule has 1 heteroatoms. The highest BCUT2D eigenvalue weighted by Gasteiger charge is 2.77. The maximum Gasteiger partial charge on any atom is 0.0638 e. The summed E-state index contributed by atoms with van der Waals surface area (Å²) in [6.07, 6.45) is 18.7. The van der Waals surface area contributed by atoms with Gasteiger partial charge in [-0.1, -0.05) is 53.7 Å². The lowest BCUT2D eigenvalue weighted by Gasteiger charge is -2.61. The third-order valence-corrected chi connectivity index (χ3v) is 12.5. The molecule has 0 heterocycles. The summed E-state index contributed by atoms with van der Waals surface area (Å²) >= 11 is 0. The predicted molar refractivity (Wildman–Crippen MR) is 131 cm³/mol. The summed E-state index contributed by atoms with van der Waals surface area (Å²) in [7, 11) is 2.03. The van der Waals surface area contributed by atoms with Gasteiger partial charge in [0.25, 0.3) is 0 Å². The van der Waals surface area contributed by atoms with E-state index in [1.54, 1.807) is 0 Å². The number of ether oxygens (including phenoxy) is 1. The molecule has 5 saturated carbocycles. The van der Waals surface area contributed by atoms with Crippen molar-refractivity contribution in [1.82, 2.24) is 0 Å². The van der Waals surface area contributed by atoms with Crippen LogP contribution in [0.5, 0.6) is 0 Å². The van der Waals surface area contributed by atoms with E-state index in [1.165, 1.54) is 57.8 Å². The minimum Gasteiger partial charge on any atom is -0.381 e. The Morgan fingerprint density at radius 3 is 2.39 bits per heavy atom. The fourth-order valence-electron chi connectivity index (χ4n) is 10.8. The summed E-state index contributed by atoms with van der Waals surface area (Å²) in [5, 5.41) is 0. The lowest BCUT2D eigenvalue weighted by Crippen LogP contribution is -2.57. The average molecular weight is 427 g/mol. The molecule has 0 saturated heterocycles. The van der Waals surface area contributed by atoms with Crippen molar-refractivity contribution in [3.05, 3.63) is 12.2 Å². The van der Waals surface area contributed by atoms with Gasteiger partial charge in [-0.2, -0.15) is 0 Å². The van der Waals surface area contributed by atoms with Gasteiger partial charge in [-0.05, 0) is 116 Å². The van der Waals surface area contributed by atoms with E-state index in [1.807, 2.05) is 7.11 Å². The van der Waals surface area contributed by atoms with Crippen LogP contribution in [0.1, 0.15) is 99.3 Å². The molecule has 0 unspecified atom stereocenters. The van der Waals surface area contributed by atoms with Gasteiger partial charge in [0.15, 0.2) is 0 Å². The predicted octanol–water partition coefficient (Wildman–Crippen LogP) is 8.14. The van der Waals surface area contributed by atoms with Crippen LogP contribution < -0.4 is 0 Å². The lowest BCUT2D eigenvalue weighted by atomic mass is 9.45.